The van der Waals surface area contributed by atoms with Crippen LogP contribution in [0.5, 0.6) is 0 Å². The van der Waals surface area contributed by atoms with Crippen molar-refractivity contribution in [2.75, 3.05) is 6.61 Å². The SMILES string of the molecule is C=CC(=O)OCCc1ccc2c(c1)C(C)(C)c1cc(-c3ccc4c(c3)C(C)(C)c3cc(C)ccc3-4)ccc1-2. The zero-order valence-electron chi connectivity index (χ0n) is 22.9. The van der Waals surface area contributed by atoms with Crippen molar-refractivity contribution in [2.45, 2.75) is 51.9 Å². The third kappa shape index (κ3) is 3.66. The van der Waals surface area contributed by atoms with Gasteiger partial charge in [0.15, 0.2) is 0 Å². The van der Waals surface area contributed by atoms with E-state index >= 15 is 0 Å². The molecule has 0 unspecified atom stereocenters. The third-order valence-electron chi connectivity index (χ3n) is 8.71. The molecule has 2 aliphatic carbocycles. The highest BCUT2D eigenvalue weighted by atomic mass is 16.5. The van der Waals surface area contributed by atoms with Crippen molar-refractivity contribution in [1.29, 1.82) is 0 Å². The average Bonchev–Trinajstić information content (AvgIpc) is 3.27. The zero-order valence-corrected chi connectivity index (χ0v) is 22.9. The molecular formula is C36H34O2. The minimum absolute atomic E-state index is 0.0185. The number of ether oxygens (including phenoxy) is 1. The van der Waals surface area contributed by atoms with Crippen LogP contribution in [0.4, 0.5) is 0 Å². The van der Waals surface area contributed by atoms with Gasteiger partial charge in [0, 0.05) is 23.3 Å². The van der Waals surface area contributed by atoms with Gasteiger partial charge in [0.1, 0.15) is 0 Å². The van der Waals surface area contributed by atoms with Gasteiger partial charge in [-0.3, -0.25) is 0 Å². The monoisotopic (exact) mass is 498 g/mol. The van der Waals surface area contributed by atoms with Crippen molar-refractivity contribution >= 4 is 5.97 Å². The Morgan fingerprint density at radius 3 is 1.74 bits per heavy atom. The summed E-state index contributed by atoms with van der Waals surface area (Å²) in [6.45, 7) is 15.3. The molecule has 0 amide bonds. The van der Waals surface area contributed by atoms with Crippen LogP contribution in [-0.2, 0) is 26.8 Å². The fraction of sp³-hybridized carbons (Fsp3) is 0.250. The van der Waals surface area contributed by atoms with E-state index in [-0.39, 0.29) is 16.8 Å². The topological polar surface area (TPSA) is 26.3 Å². The summed E-state index contributed by atoms with van der Waals surface area (Å²) in [6, 6.07) is 27.5. The second-order valence-corrected chi connectivity index (χ2v) is 11.8. The molecule has 2 heteroatoms. The lowest BCUT2D eigenvalue weighted by Crippen LogP contribution is -2.16. The fourth-order valence-corrected chi connectivity index (χ4v) is 6.48. The smallest absolute Gasteiger partial charge is 0.330 e. The molecule has 38 heavy (non-hydrogen) atoms. The van der Waals surface area contributed by atoms with Gasteiger partial charge in [0.05, 0.1) is 6.61 Å². The Morgan fingerprint density at radius 1 is 0.711 bits per heavy atom. The summed E-state index contributed by atoms with van der Waals surface area (Å²) in [5.74, 6) is -0.375. The Bertz CT molecular complexity index is 1630. The van der Waals surface area contributed by atoms with Crippen molar-refractivity contribution in [3.8, 4) is 33.4 Å². The van der Waals surface area contributed by atoms with Crippen molar-refractivity contribution < 1.29 is 9.53 Å². The summed E-state index contributed by atoms with van der Waals surface area (Å²) in [7, 11) is 0. The Labute approximate surface area is 226 Å². The largest absolute Gasteiger partial charge is 0.462 e. The summed E-state index contributed by atoms with van der Waals surface area (Å²) >= 11 is 0. The molecule has 0 aromatic heterocycles. The van der Waals surface area contributed by atoms with Gasteiger partial charge in [-0.25, -0.2) is 4.79 Å². The molecule has 2 aliphatic rings. The highest BCUT2D eigenvalue weighted by Gasteiger charge is 2.37. The van der Waals surface area contributed by atoms with E-state index in [0.29, 0.717) is 13.0 Å². The van der Waals surface area contributed by atoms with Crippen molar-refractivity contribution in [1.82, 2.24) is 0 Å². The van der Waals surface area contributed by atoms with E-state index in [2.05, 4.69) is 114 Å². The maximum atomic E-state index is 11.4. The second kappa shape index (κ2) is 8.56. The first-order valence-electron chi connectivity index (χ1n) is 13.4. The van der Waals surface area contributed by atoms with Crippen LogP contribution in [0.2, 0.25) is 0 Å². The average molecular weight is 499 g/mol. The first-order valence-corrected chi connectivity index (χ1v) is 13.4. The van der Waals surface area contributed by atoms with Crippen LogP contribution in [-0.4, -0.2) is 12.6 Å². The summed E-state index contributed by atoms with van der Waals surface area (Å²) in [4.78, 5) is 11.4. The molecule has 4 aromatic rings. The Balaban J connectivity index is 1.35. The molecule has 0 atom stereocenters. The molecular weight excluding hydrogens is 464 g/mol. The third-order valence-corrected chi connectivity index (χ3v) is 8.71. The lowest BCUT2D eigenvalue weighted by Gasteiger charge is -2.23. The molecule has 0 radical (unpaired) electrons. The number of hydrogen-bond acceptors (Lipinski definition) is 2. The van der Waals surface area contributed by atoms with Crippen molar-refractivity contribution in [2.24, 2.45) is 0 Å². The van der Waals surface area contributed by atoms with Crippen molar-refractivity contribution in [3.05, 3.63) is 119 Å². The molecule has 0 heterocycles. The second-order valence-electron chi connectivity index (χ2n) is 11.8. The first-order chi connectivity index (χ1) is 18.1. The molecule has 4 aromatic carbocycles. The maximum absolute atomic E-state index is 11.4. The minimum atomic E-state index is -0.375. The first kappa shape index (κ1) is 24.4. The van der Waals surface area contributed by atoms with Gasteiger partial charge >= 0.3 is 5.97 Å². The Kier molecular flexibility index (Phi) is 5.50. The van der Waals surface area contributed by atoms with E-state index in [1.165, 1.54) is 72.8 Å². The number of fused-ring (bicyclic) bond motifs is 6. The molecule has 6 rings (SSSR count). The van der Waals surface area contributed by atoms with Crippen LogP contribution in [0.25, 0.3) is 33.4 Å². The molecule has 0 bridgehead atoms. The van der Waals surface area contributed by atoms with E-state index < -0.39 is 0 Å². The predicted octanol–water partition coefficient (Wildman–Crippen LogP) is 8.55. The number of hydrogen-bond donors (Lipinski definition) is 0. The van der Waals surface area contributed by atoms with E-state index in [1.54, 1.807) is 0 Å². The number of carbonyl (C=O) groups is 1. The quantitative estimate of drug-likeness (QED) is 0.204. The number of aryl methyl sites for hydroxylation is 1. The van der Waals surface area contributed by atoms with Gasteiger partial charge in [-0.15, -0.1) is 0 Å². The van der Waals surface area contributed by atoms with Crippen LogP contribution < -0.4 is 0 Å². The van der Waals surface area contributed by atoms with Gasteiger partial charge in [0.25, 0.3) is 0 Å². The minimum Gasteiger partial charge on any atom is -0.462 e. The highest BCUT2D eigenvalue weighted by Crippen LogP contribution is 2.52. The summed E-state index contributed by atoms with van der Waals surface area (Å²) in [6.07, 6.45) is 1.90. The molecule has 0 saturated carbocycles. The number of benzene rings is 4. The predicted molar refractivity (Wildman–Crippen MR) is 157 cm³/mol. The van der Waals surface area contributed by atoms with Gasteiger partial charge in [-0.2, -0.15) is 0 Å². The highest BCUT2D eigenvalue weighted by molar-refractivity contribution is 5.87. The molecule has 0 fully saturated rings. The maximum Gasteiger partial charge on any atom is 0.330 e. The number of esters is 1. The molecule has 0 N–H and O–H groups in total. The zero-order chi connectivity index (χ0) is 26.8. The van der Waals surface area contributed by atoms with Crippen molar-refractivity contribution in [3.63, 3.8) is 0 Å². The van der Waals surface area contributed by atoms with E-state index in [9.17, 15) is 4.79 Å². The van der Waals surface area contributed by atoms with E-state index in [1.807, 2.05) is 0 Å². The van der Waals surface area contributed by atoms with Gasteiger partial charge in [-0.1, -0.05) is 101 Å². The Morgan fingerprint density at radius 2 is 1.18 bits per heavy atom. The normalized spacial score (nSPS) is 15.3. The Hall–Kier alpha value is -3.91. The summed E-state index contributed by atoms with van der Waals surface area (Å²) in [5, 5.41) is 0. The van der Waals surface area contributed by atoms with E-state index in [0.717, 1.165) is 0 Å². The molecule has 190 valence electrons. The van der Waals surface area contributed by atoms with Crippen LogP contribution in [0.1, 0.15) is 61.1 Å². The van der Waals surface area contributed by atoms with Gasteiger partial charge < -0.3 is 4.74 Å². The standard InChI is InChI=1S/C36H34O2/c1-7-34(37)38-17-16-23-9-13-27-29-15-11-25(21-33(29)36(5,6)31(27)19-23)24-10-14-28-26-12-8-22(2)18-30(26)35(3,4)32(28)20-24/h7-15,18-21H,1,16-17H2,2-6H3. The number of rotatable bonds is 5. The van der Waals surface area contributed by atoms with Gasteiger partial charge in [-0.05, 0) is 80.3 Å². The fourth-order valence-electron chi connectivity index (χ4n) is 6.48. The number of carbonyl (C=O) groups excluding carboxylic acids is 1. The van der Waals surface area contributed by atoms with Crippen LogP contribution in [0.3, 0.4) is 0 Å². The van der Waals surface area contributed by atoms with E-state index in [4.69, 9.17) is 4.74 Å². The molecule has 0 spiro atoms. The van der Waals surface area contributed by atoms with Crippen LogP contribution in [0.15, 0.2) is 85.5 Å². The molecule has 2 nitrogen and oxygen atoms in total. The molecule has 0 saturated heterocycles. The van der Waals surface area contributed by atoms with Crippen LogP contribution >= 0.6 is 0 Å². The lowest BCUT2D eigenvalue weighted by molar-refractivity contribution is -0.137. The van der Waals surface area contributed by atoms with Gasteiger partial charge in [0.2, 0.25) is 0 Å². The summed E-state index contributed by atoms with van der Waals surface area (Å²) in [5.41, 5.74) is 15.7. The van der Waals surface area contributed by atoms with Crippen LogP contribution in [0, 0.1) is 6.92 Å². The summed E-state index contributed by atoms with van der Waals surface area (Å²) < 4.78 is 5.21. The molecule has 0 aliphatic heterocycles. The lowest BCUT2D eigenvalue weighted by atomic mass is 9.80.